The molecule has 1 saturated carbocycles. The van der Waals surface area contributed by atoms with Crippen molar-refractivity contribution in [2.75, 3.05) is 0 Å². The van der Waals surface area contributed by atoms with Crippen LogP contribution in [0.4, 0.5) is 4.39 Å². The van der Waals surface area contributed by atoms with Crippen LogP contribution in [0.15, 0.2) is 18.2 Å². The summed E-state index contributed by atoms with van der Waals surface area (Å²) in [6, 6.07) is 5.01. The van der Waals surface area contributed by atoms with E-state index in [9.17, 15) is 4.39 Å². The van der Waals surface area contributed by atoms with Crippen molar-refractivity contribution >= 4 is 0 Å². The largest absolute Gasteiger partial charge is 0.325 e. The van der Waals surface area contributed by atoms with Crippen molar-refractivity contribution in [3.63, 3.8) is 0 Å². The summed E-state index contributed by atoms with van der Waals surface area (Å²) >= 11 is 0. The average Bonchev–Trinajstić information content (AvgIpc) is 2.66. The molecule has 2 N–H and O–H groups in total. The number of halogens is 1. The lowest BCUT2D eigenvalue weighted by molar-refractivity contribution is 0.405. The van der Waals surface area contributed by atoms with E-state index < -0.39 is 0 Å². The van der Waals surface area contributed by atoms with Crippen LogP contribution in [0.2, 0.25) is 0 Å². The van der Waals surface area contributed by atoms with Gasteiger partial charge in [-0.05, 0) is 61.8 Å². The van der Waals surface area contributed by atoms with Crippen LogP contribution in [-0.2, 0) is 6.42 Å². The quantitative estimate of drug-likeness (QED) is 0.851. The summed E-state index contributed by atoms with van der Waals surface area (Å²) in [5, 5.41) is 0. The predicted octanol–water partition coefficient (Wildman–Crippen LogP) is 3.58. The first-order valence-corrected chi connectivity index (χ1v) is 6.56. The van der Waals surface area contributed by atoms with Crippen LogP contribution < -0.4 is 5.73 Å². The van der Waals surface area contributed by atoms with Crippen molar-refractivity contribution in [3.05, 3.63) is 35.1 Å². The molecule has 2 unspecified atom stereocenters. The van der Waals surface area contributed by atoms with Crippen molar-refractivity contribution in [3.8, 4) is 0 Å². The smallest absolute Gasteiger partial charge is 0.123 e. The Morgan fingerprint density at radius 2 is 2.24 bits per heavy atom. The molecule has 0 aliphatic heterocycles. The summed E-state index contributed by atoms with van der Waals surface area (Å²) < 4.78 is 13.2. The summed E-state index contributed by atoms with van der Waals surface area (Å²) in [5.41, 5.74) is 8.56. The highest BCUT2D eigenvalue weighted by Gasteiger charge is 2.35. The number of nitrogens with two attached hydrogens (primary N) is 1. The number of aryl methyl sites for hydroxylation is 1. The van der Waals surface area contributed by atoms with E-state index in [1.165, 1.54) is 18.9 Å². The fraction of sp³-hybridized carbons (Fsp3) is 0.600. The van der Waals surface area contributed by atoms with Gasteiger partial charge in [-0.25, -0.2) is 4.39 Å². The maximum atomic E-state index is 13.2. The van der Waals surface area contributed by atoms with Crippen molar-refractivity contribution in [1.82, 2.24) is 0 Å². The highest BCUT2D eigenvalue weighted by Crippen LogP contribution is 2.37. The summed E-state index contributed by atoms with van der Waals surface area (Å²) in [7, 11) is 0. The second kappa shape index (κ2) is 4.77. The number of hydrogen-bond acceptors (Lipinski definition) is 1. The zero-order chi connectivity index (χ0) is 12.5. The van der Waals surface area contributed by atoms with Gasteiger partial charge in [-0.2, -0.15) is 0 Å². The molecule has 1 aromatic carbocycles. The van der Waals surface area contributed by atoms with E-state index in [0.717, 1.165) is 36.3 Å². The minimum absolute atomic E-state index is 0.112. The van der Waals surface area contributed by atoms with Gasteiger partial charge in [0.25, 0.3) is 0 Å². The van der Waals surface area contributed by atoms with Gasteiger partial charge in [0, 0.05) is 5.54 Å². The Hall–Kier alpha value is -0.890. The average molecular weight is 235 g/mol. The Morgan fingerprint density at radius 3 is 2.88 bits per heavy atom. The van der Waals surface area contributed by atoms with Crippen LogP contribution in [0.3, 0.4) is 0 Å². The SMILES string of the molecule is CCC1CCC(N)(Cc2cc(F)ccc2C)C1. The summed E-state index contributed by atoms with van der Waals surface area (Å²) in [5.74, 6) is 0.605. The third-order valence-electron chi connectivity index (χ3n) is 4.18. The number of hydrogen-bond donors (Lipinski definition) is 1. The number of rotatable bonds is 3. The fourth-order valence-corrected chi connectivity index (χ4v) is 2.99. The van der Waals surface area contributed by atoms with Crippen LogP contribution in [0.1, 0.15) is 43.7 Å². The molecule has 1 nitrogen and oxygen atoms in total. The zero-order valence-corrected chi connectivity index (χ0v) is 10.8. The first-order chi connectivity index (χ1) is 8.02. The summed E-state index contributed by atoms with van der Waals surface area (Å²) in [6.07, 6.45) is 5.40. The molecule has 2 heteroatoms. The van der Waals surface area contributed by atoms with E-state index in [0.29, 0.717) is 0 Å². The van der Waals surface area contributed by atoms with Crippen molar-refractivity contribution in [1.29, 1.82) is 0 Å². The molecule has 1 aliphatic rings. The van der Waals surface area contributed by atoms with Gasteiger partial charge < -0.3 is 5.73 Å². The van der Waals surface area contributed by atoms with E-state index >= 15 is 0 Å². The van der Waals surface area contributed by atoms with Crippen LogP contribution in [-0.4, -0.2) is 5.54 Å². The zero-order valence-electron chi connectivity index (χ0n) is 10.8. The Bertz CT molecular complexity index is 402. The minimum atomic E-state index is -0.153. The molecule has 94 valence electrons. The maximum absolute atomic E-state index is 13.2. The highest BCUT2D eigenvalue weighted by atomic mass is 19.1. The van der Waals surface area contributed by atoms with E-state index in [1.54, 1.807) is 6.07 Å². The Morgan fingerprint density at radius 1 is 1.47 bits per heavy atom. The van der Waals surface area contributed by atoms with Gasteiger partial charge in [-0.3, -0.25) is 0 Å². The van der Waals surface area contributed by atoms with Gasteiger partial charge in [0.2, 0.25) is 0 Å². The van der Waals surface area contributed by atoms with Gasteiger partial charge in [-0.1, -0.05) is 19.4 Å². The molecule has 1 aliphatic carbocycles. The Kier molecular flexibility index (Phi) is 3.53. The van der Waals surface area contributed by atoms with Gasteiger partial charge in [-0.15, -0.1) is 0 Å². The molecule has 0 spiro atoms. The normalized spacial score (nSPS) is 28.6. The van der Waals surface area contributed by atoms with Gasteiger partial charge >= 0.3 is 0 Å². The first-order valence-electron chi connectivity index (χ1n) is 6.56. The molecule has 1 aromatic rings. The van der Waals surface area contributed by atoms with Gasteiger partial charge in [0.1, 0.15) is 5.82 Å². The van der Waals surface area contributed by atoms with Gasteiger partial charge in [0.15, 0.2) is 0 Å². The molecular formula is C15H22FN. The van der Waals surface area contributed by atoms with Crippen LogP contribution in [0.25, 0.3) is 0 Å². The lowest BCUT2D eigenvalue weighted by atomic mass is 9.87. The van der Waals surface area contributed by atoms with Gasteiger partial charge in [0.05, 0.1) is 0 Å². The Labute approximate surface area is 103 Å². The monoisotopic (exact) mass is 235 g/mol. The predicted molar refractivity (Wildman–Crippen MR) is 69.4 cm³/mol. The minimum Gasteiger partial charge on any atom is -0.325 e. The van der Waals surface area contributed by atoms with E-state index in [-0.39, 0.29) is 11.4 Å². The molecule has 1 fully saturated rings. The molecule has 0 amide bonds. The third-order valence-corrected chi connectivity index (χ3v) is 4.18. The van der Waals surface area contributed by atoms with Crippen LogP contribution in [0.5, 0.6) is 0 Å². The van der Waals surface area contributed by atoms with Crippen LogP contribution in [0, 0.1) is 18.7 Å². The number of benzene rings is 1. The second-order valence-corrected chi connectivity index (χ2v) is 5.63. The first kappa shape index (κ1) is 12.6. The van der Waals surface area contributed by atoms with E-state index in [4.69, 9.17) is 5.73 Å². The topological polar surface area (TPSA) is 26.0 Å². The molecule has 2 atom stereocenters. The van der Waals surface area contributed by atoms with Crippen molar-refractivity contribution < 1.29 is 4.39 Å². The fourth-order valence-electron chi connectivity index (χ4n) is 2.99. The maximum Gasteiger partial charge on any atom is 0.123 e. The molecule has 0 radical (unpaired) electrons. The molecule has 0 bridgehead atoms. The Balaban J connectivity index is 2.13. The summed E-state index contributed by atoms with van der Waals surface area (Å²) in [4.78, 5) is 0. The van der Waals surface area contributed by atoms with Crippen molar-refractivity contribution in [2.45, 2.75) is 51.5 Å². The van der Waals surface area contributed by atoms with Crippen LogP contribution >= 0.6 is 0 Å². The molecule has 0 saturated heterocycles. The lowest BCUT2D eigenvalue weighted by Gasteiger charge is -2.25. The summed E-state index contributed by atoms with van der Waals surface area (Å²) in [6.45, 7) is 4.26. The van der Waals surface area contributed by atoms with Crippen molar-refractivity contribution in [2.24, 2.45) is 11.7 Å². The molecule has 0 heterocycles. The molecular weight excluding hydrogens is 213 g/mol. The third kappa shape index (κ3) is 2.86. The second-order valence-electron chi connectivity index (χ2n) is 5.63. The molecule has 2 rings (SSSR count). The van der Waals surface area contributed by atoms with E-state index in [2.05, 4.69) is 6.92 Å². The highest BCUT2D eigenvalue weighted by molar-refractivity contribution is 5.28. The standard InChI is InChI=1S/C15H22FN/c1-3-12-6-7-15(17,9-12)10-13-8-14(16)5-4-11(13)2/h4-5,8,12H,3,6-7,9-10,17H2,1-2H3. The van der Waals surface area contributed by atoms with E-state index in [1.807, 2.05) is 13.0 Å². The lowest BCUT2D eigenvalue weighted by Crippen LogP contribution is -2.39. The molecule has 17 heavy (non-hydrogen) atoms. The molecule has 0 aromatic heterocycles.